The van der Waals surface area contributed by atoms with E-state index in [-0.39, 0.29) is 0 Å². The van der Waals surface area contributed by atoms with Gasteiger partial charge in [0.2, 0.25) is 6.41 Å². The third-order valence-electron chi connectivity index (χ3n) is 3.14. The van der Waals surface area contributed by atoms with Gasteiger partial charge in [-0.3, -0.25) is 9.99 Å². The molecule has 1 aliphatic rings. The van der Waals surface area contributed by atoms with E-state index in [2.05, 4.69) is 20.3 Å². The van der Waals surface area contributed by atoms with Crippen molar-refractivity contribution in [1.82, 2.24) is 15.3 Å². The highest BCUT2D eigenvalue weighted by atomic mass is 16.6. The molecule has 0 aromatic carbocycles. The van der Waals surface area contributed by atoms with Crippen molar-refractivity contribution in [2.24, 2.45) is 0 Å². The van der Waals surface area contributed by atoms with Gasteiger partial charge in [-0.2, -0.15) is 0 Å². The number of hydrogen-bond donors (Lipinski definition) is 2. The van der Waals surface area contributed by atoms with Crippen molar-refractivity contribution >= 4 is 5.69 Å². The van der Waals surface area contributed by atoms with Crippen LogP contribution in [0.2, 0.25) is 0 Å². The highest BCUT2D eigenvalue weighted by Crippen LogP contribution is 2.27. The van der Waals surface area contributed by atoms with Crippen molar-refractivity contribution in [1.29, 1.82) is 0 Å². The van der Waals surface area contributed by atoms with Crippen LogP contribution >= 0.6 is 0 Å². The Labute approximate surface area is 126 Å². The number of aromatic nitrogens is 1. The Kier molecular flexibility index (Phi) is 4.51. The summed E-state index contributed by atoms with van der Waals surface area (Å²) in [5, 5.41) is 17.1. The summed E-state index contributed by atoms with van der Waals surface area (Å²) in [6, 6.07) is 3.90. The van der Waals surface area contributed by atoms with Crippen molar-refractivity contribution < 1.29 is 9.84 Å². The van der Waals surface area contributed by atoms with E-state index < -0.39 is 12.0 Å². The molecule has 0 saturated carbocycles. The Balaban J connectivity index is 2.12. The van der Waals surface area contributed by atoms with Crippen molar-refractivity contribution in [2.45, 2.75) is 39.7 Å². The van der Waals surface area contributed by atoms with E-state index in [1.807, 2.05) is 53.1 Å². The minimum atomic E-state index is -1.03. The Morgan fingerprint density at radius 1 is 1.43 bits per heavy atom. The number of nitrogens with one attached hydrogen (secondary N) is 1. The minimum Gasteiger partial charge on any atom is -0.351 e. The van der Waals surface area contributed by atoms with E-state index >= 15 is 0 Å². The molecule has 2 N–H and O–H groups in total. The highest BCUT2D eigenvalue weighted by Gasteiger charge is 2.28. The molecule has 0 saturated heterocycles. The molecule has 0 spiro atoms. The molecule has 21 heavy (non-hydrogen) atoms. The summed E-state index contributed by atoms with van der Waals surface area (Å²) in [7, 11) is 1.99. The third kappa shape index (κ3) is 3.93. The number of hydrazine groups is 1. The van der Waals surface area contributed by atoms with Gasteiger partial charge in [0.05, 0.1) is 35.4 Å². The van der Waals surface area contributed by atoms with E-state index in [0.29, 0.717) is 6.54 Å². The van der Waals surface area contributed by atoms with E-state index in [1.54, 1.807) is 6.20 Å². The molecule has 0 radical (unpaired) electrons. The molecule has 2 rings (SSSR count). The maximum atomic E-state index is 9.99. The fraction of sp³-hybridized carbons (Fsp3) is 0.533. The Morgan fingerprint density at radius 2 is 2.14 bits per heavy atom. The van der Waals surface area contributed by atoms with E-state index in [0.717, 1.165) is 17.1 Å². The molecule has 0 bridgehead atoms. The quantitative estimate of drug-likeness (QED) is 0.823. The number of nitrogens with zero attached hydrogens (tertiary/aromatic N) is 3. The van der Waals surface area contributed by atoms with Gasteiger partial charge < -0.3 is 15.2 Å². The number of anilines is 1. The fourth-order valence-corrected chi connectivity index (χ4v) is 2.33. The zero-order valence-electron chi connectivity index (χ0n) is 13.3. The maximum Gasteiger partial charge on any atom is 0.235 e. The largest absolute Gasteiger partial charge is 0.351 e. The second kappa shape index (κ2) is 6.01. The highest BCUT2D eigenvalue weighted by molar-refractivity contribution is 5.51. The van der Waals surface area contributed by atoms with Gasteiger partial charge in [0, 0.05) is 13.2 Å². The minimum absolute atomic E-state index is 0.408. The lowest BCUT2D eigenvalue weighted by Gasteiger charge is -2.27. The zero-order valence-corrected chi connectivity index (χ0v) is 13.3. The maximum absolute atomic E-state index is 9.99. The molecule has 0 fully saturated rings. The van der Waals surface area contributed by atoms with Crippen LogP contribution in [0, 0.1) is 0 Å². The first-order chi connectivity index (χ1) is 9.78. The van der Waals surface area contributed by atoms with Gasteiger partial charge in [0.25, 0.3) is 0 Å². The first-order valence-electron chi connectivity index (χ1n) is 7.01. The average Bonchev–Trinajstić information content (AvgIpc) is 2.63. The van der Waals surface area contributed by atoms with Crippen LogP contribution in [0.3, 0.4) is 0 Å². The van der Waals surface area contributed by atoms with Crippen LogP contribution in [-0.2, 0) is 4.74 Å². The number of ether oxygens (including phenoxy) is 1. The van der Waals surface area contributed by atoms with Gasteiger partial charge in [-0.1, -0.05) is 0 Å². The first-order valence-corrected chi connectivity index (χ1v) is 7.01. The number of likely N-dealkylation sites (N-methyl/N-ethyl adjacent to an activating group) is 1. The van der Waals surface area contributed by atoms with Crippen molar-refractivity contribution in [3.8, 4) is 0 Å². The van der Waals surface area contributed by atoms with E-state index in [9.17, 15) is 5.11 Å². The summed E-state index contributed by atoms with van der Waals surface area (Å²) in [5.41, 5.74) is 2.52. The topological polar surface area (TPSA) is 60.9 Å². The Hall–Kier alpha value is -1.63. The summed E-state index contributed by atoms with van der Waals surface area (Å²) in [6.45, 7) is 8.39. The molecule has 2 heterocycles. The monoisotopic (exact) mass is 292 g/mol. The number of aliphatic hydroxyl groups is 1. The second-order valence-electron chi connectivity index (χ2n) is 6.13. The second-order valence-corrected chi connectivity index (χ2v) is 6.13. The van der Waals surface area contributed by atoms with Crippen LogP contribution in [0.25, 0.3) is 0 Å². The summed E-state index contributed by atoms with van der Waals surface area (Å²) < 4.78 is 5.49. The lowest BCUT2D eigenvalue weighted by molar-refractivity contribution is -0.177. The summed E-state index contributed by atoms with van der Waals surface area (Å²) in [5.74, 6) is 0. The molecule has 1 atom stereocenters. The number of hydrogen-bond acceptors (Lipinski definition) is 6. The Morgan fingerprint density at radius 3 is 2.71 bits per heavy atom. The molecule has 6 heteroatoms. The summed E-state index contributed by atoms with van der Waals surface area (Å²) >= 11 is 0. The fourth-order valence-electron chi connectivity index (χ4n) is 2.33. The van der Waals surface area contributed by atoms with Crippen LogP contribution in [0.1, 0.15) is 27.7 Å². The third-order valence-corrected chi connectivity index (χ3v) is 3.14. The van der Waals surface area contributed by atoms with E-state index in [1.165, 1.54) is 0 Å². The van der Waals surface area contributed by atoms with Crippen molar-refractivity contribution in [3.63, 3.8) is 0 Å². The van der Waals surface area contributed by atoms with Crippen molar-refractivity contribution in [3.05, 3.63) is 35.9 Å². The van der Waals surface area contributed by atoms with Gasteiger partial charge in [-0.25, -0.2) is 5.01 Å². The van der Waals surface area contributed by atoms with Crippen LogP contribution in [0.15, 0.2) is 35.9 Å². The van der Waals surface area contributed by atoms with Crippen LogP contribution in [0.5, 0.6) is 0 Å². The van der Waals surface area contributed by atoms with Crippen molar-refractivity contribution in [2.75, 3.05) is 18.6 Å². The summed E-state index contributed by atoms with van der Waals surface area (Å²) in [6.07, 6.45) is 2.53. The number of allylic oxidation sites excluding steroid dienone is 1. The number of pyridine rings is 1. The van der Waals surface area contributed by atoms with Gasteiger partial charge >= 0.3 is 0 Å². The lowest BCUT2D eigenvalue weighted by atomic mass is 10.2. The van der Waals surface area contributed by atoms with Crippen LogP contribution < -0.4 is 10.3 Å². The molecule has 6 nitrogen and oxygen atoms in total. The molecule has 116 valence electrons. The zero-order chi connectivity index (χ0) is 15.6. The smallest absolute Gasteiger partial charge is 0.235 e. The normalized spacial score (nSPS) is 18.3. The molecule has 0 amide bonds. The standard InChI is InChI=1S/C15H24N4O2/c1-11-13(17-14(20)21-15(2,3)4)10-18(5)19(11)12-7-6-8-16-9-12/h6-9,14,17,20H,10H2,1-5H3. The van der Waals surface area contributed by atoms with Gasteiger partial charge in [-0.05, 0) is 39.8 Å². The predicted octanol–water partition coefficient (Wildman–Crippen LogP) is 1.66. The van der Waals surface area contributed by atoms with Gasteiger partial charge in [0.1, 0.15) is 0 Å². The van der Waals surface area contributed by atoms with Gasteiger partial charge in [-0.15, -0.1) is 0 Å². The number of rotatable bonds is 4. The number of aliphatic hydroxyl groups excluding tert-OH is 1. The average molecular weight is 292 g/mol. The molecule has 1 aliphatic heterocycles. The molecule has 0 aliphatic carbocycles. The SMILES string of the molecule is CC1=C(NC(O)OC(C)(C)C)CN(C)N1c1cccnc1. The molecular formula is C15H24N4O2. The molecule has 1 aromatic rings. The van der Waals surface area contributed by atoms with Crippen LogP contribution in [0.4, 0.5) is 5.69 Å². The Bertz CT molecular complexity index is 510. The first kappa shape index (κ1) is 15.8. The molecular weight excluding hydrogens is 268 g/mol. The molecule has 1 aromatic heterocycles. The summed E-state index contributed by atoms with van der Waals surface area (Å²) in [4.78, 5) is 4.15. The lowest BCUT2D eigenvalue weighted by Crippen LogP contribution is -2.38. The van der Waals surface area contributed by atoms with E-state index in [4.69, 9.17) is 4.74 Å². The van der Waals surface area contributed by atoms with Crippen LogP contribution in [-0.4, -0.2) is 40.7 Å². The molecule has 1 unspecified atom stereocenters. The van der Waals surface area contributed by atoms with Gasteiger partial charge in [0.15, 0.2) is 0 Å². The predicted molar refractivity (Wildman–Crippen MR) is 82.0 cm³/mol.